The molecule has 0 aromatic rings. The average molecular weight is 245 g/mol. The van der Waals surface area contributed by atoms with Crippen LogP contribution in [0.4, 0.5) is 0 Å². The number of ether oxygens (including phenoxy) is 2. The van der Waals surface area contributed by atoms with Gasteiger partial charge in [0.15, 0.2) is 0 Å². The minimum atomic E-state index is -0.934. The molecule has 2 N–H and O–H groups in total. The summed E-state index contributed by atoms with van der Waals surface area (Å²) in [5, 5.41) is 12.3. The molecular weight excluding hydrogens is 222 g/mol. The number of aliphatic carboxylic acids is 1. The van der Waals surface area contributed by atoms with Crippen molar-refractivity contribution >= 4 is 5.97 Å². The van der Waals surface area contributed by atoms with Gasteiger partial charge in [-0.25, -0.2) is 0 Å². The second-order valence-electron chi connectivity index (χ2n) is 4.75. The van der Waals surface area contributed by atoms with Gasteiger partial charge in [-0.2, -0.15) is 0 Å². The number of hydrogen-bond acceptors (Lipinski definition) is 4. The van der Waals surface area contributed by atoms with Gasteiger partial charge in [-0.05, 0) is 32.6 Å². The van der Waals surface area contributed by atoms with Crippen LogP contribution in [0.3, 0.4) is 0 Å². The van der Waals surface area contributed by atoms with Crippen molar-refractivity contribution in [3.8, 4) is 0 Å². The van der Waals surface area contributed by atoms with Gasteiger partial charge in [-0.15, -0.1) is 0 Å². The summed E-state index contributed by atoms with van der Waals surface area (Å²) in [5.41, 5.74) is -0.934. The minimum Gasteiger partial charge on any atom is -0.480 e. The molecule has 1 fully saturated rings. The van der Waals surface area contributed by atoms with Crippen molar-refractivity contribution in [1.29, 1.82) is 0 Å². The Kier molecular flexibility index (Phi) is 5.88. The Balaban J connectivity index is 2.39. The van der Waals surface area contributed by atoms with Gasteiger partial charge in [-0.3, -0.25) is 10.1 Å². The first-order chi connectivity index (χ1) is 8.08. The highest BCUT2D eigenvalue weighted by Gasteiger charge is 2.33. The van der Waals surface area contributed by atoms with Gasteiger partial charge in [-0.1, -0.05) is 0 Å². The molecule has 5 heteroatoms. The minimum absolute atomic E-state index is 0.143. The van der Waals surface area contributed by atoms with Crippen LogP contribution in [0.5, 0.6) is 0 Å². The Morgan fingerprint density at radius 2 is 2.35 bits per heavy atom. The summed E-state index contributed by atoms with van der Waals surface area (Å²) in [7, 11) is 1.58. The fraction of sp³-hybridized carbons (Fsp3) is 0.917. The molecule has 0 spiro atoms. The van der Waals surface area contributed by atoms with Crippen molar-refractivity contribution in [3.63, 3.8) is 0 Å². The smallest absolute Gasteiger partial charge is 0.323 e. The Labute approximate surface area is 102 Å². The van der Waals surface area contributed by atoms with E-state index in [0.717, 1.165) is 25.9 Å². The standard InChI is InChI=1S/C12H23NO4/c1-12(11(14)15,6-8-16-2)13-9-10-5-3-4-7-17-10/h10,13H,3-9H2,1-2H3,(H,14,15). The van der Waals surface area contributed by atoms with E-state index >= 15 is 0 Å². The molecule has 0 aliphatic carbocycles. The molecule has 0 aromatic heterocycles. The molecule has 0 aromatic carbocycles. The van der Waals surface area contributed by atoms with Gasteiger partial charge < -0.3 is 14.6 Å². The summed E-state index contributed by atoms with van der Waals surface area (Å²) in [6.07, 6.45) is 3.87. The third kappa shape index (κ3) is 4.61. The number of nitrogens with one attached hydrogen (secondary N) is 1. The van der Waals surface area contributed by atoms with Crippen molar-refractivity contribution < 1.29 is 19.4 Å². The van der Waals surface area contributed by atoms with Crippen LogP contribution in [-0.2, 0) is 14.3 Å². The van der Waals surface area contributed by atoms with Crippen molar-refractivity contribution in [1.82, 2.24) is 5.32 Å². The first kappa shape index (κ1) is 14.4. The van der Waals surface area contributed by atoms with Gasteiger partial charge in [0.05, 0.1) is 6.10 Å². The third-order valence-electron chi connectivity index (χ3n) is 3.27. The molecule has 2 atom stereocenters. The quantitative estimate of drug-likeness (QED) is 0.701. The molecule has 1 rings (SSSR count). The highest BCUT2D eigenvalue weighted by Crippen LogP contribution is 2.15. The number of hydrogen-bond donors (Lipinski definition) is 2. The summed E-state index contributed by atoms with van der Waals surface area (Å²) in [6, 6.07) is 0. The number of carboxylic acid groups (broad SMARTS) is 1. The summed E-state index contributed by atoms with van der Waals surface area (Å²) in [6.45, 7) is 3.50. The molecule has 0 bridgehead atoms. The van der Waals surface area contributed by atoms with Crippen LogP contribution < -0.4 is 5.32 Å². The topological polar surface area (TPSA) is 67.8 Å². The van der Waals surface area contributed by atoms with Crippen LogP contribution in [0.25, 0.3) is 0 Å². The fourth-order valence-electron chi connectivity index (χ4n) is 1.88. The lowest BCUT2D eigenvalue weighted by Crippen LogP contribution is -2.53. The lowest BCUT2D eigenvalue weighted by Gasteiger charge is -2.30. The molecule has 0 radical (unpaired) electrons. The van der Waals surface area contributed by atoms with Crippen LogP contribution in [0.2, 0.25) is 0 Å². The lowest BCUT2D eigenvalue weighted by molar-refractivity contribution is -0.145. The Morgan fingerprint density at radius 1 is 1.59 bits per heavy atom. The molecule has 1 aliphatic heterocycles. The van der Waals surface area contributed by atoms with E-state index in [1.54, 1.807) is 14.0 Å². The summed E-state index contributed by atoms with van der Waals surface area (Å²) in [4.78, 5) is 11.2. The van der Waals surface area contributed by atoms with Crippen molar-refractivity contribution in [2.75, 3.05) is 26.9 Å². The number of rotatable bonds is 7. The largest absolute Gasteiger partial charge is 0.480 e. The maximum absolute atomic E-state index is 11.2. The lowest BCUT2D eigenvalue weighted by atomic mass is 9.97. The predicted octanol–water partition coefficient (Wildman–Crippen LogP) is 1.02. The number of carbonyl (C=O) groups is 1. The molecule has 1 aliphatic rings. The normalized spacial score (nSPS) is 24.2. The predicted molar refractivity (Wildman–Crippen MR) is 64.1 cm³/mol. The van der Waals surface area contributed by atoms with Crippen LogP contribution in [-0.4, -0.2) is 49.6 Å². The highest BCUT2D eigenvalue weighted by atomic mass is 16.5. The van der Waals surface area contributed by atoms with Crippen molar-refractivity contribution in [2.45, 2.75) is 44.2 Å². The Hall–Kier alpha value is -0.650. The van der Waals surface area contributed by atoms with E-state index in [2.05, 4.69) is 5.32 Å². The summed E-state index contributed by atoms with van der Waals surface area (Å²) in [5.74, 6) is -0.842. The second-order valence-corrected chi connectivity index (χ2v) is 4.75. The zero-order chi connectivity index (χ0) is 12.7. The van der Waals surface area contributed by atoms with Gasteiger partial charge in [0, 0.05) is 26.9 Å². The summed E-state index contributed by atoms with van der Waals surface area (Å²) >= 11 is 0. The van der Waals surface area contributed by atoms with E-state index in [9.17, 15) is 9.90 Å². The fourth-order valence-corrected chi connectivity index (χ4v) is 1.88. The number of carboxylic acids is 1. The van der Waals surface area contributed by atoms with E-state index in [4.69, 9.17) is 9.47 Å². The SMILES string of the molecule is COCCC(C)(NCC1CCCCO1)C(=O)O. The van der Waals surface area contributed by atoms with Crippen LogP contribution in [0, 0.1) is 0 Å². The molecular formula is C12H23NO4. The molecule has 1 heterocycles. The van der Waals surface area contributed by atoms with Crippen LogP contribution in [0.1, 0.15) is 32.6 Å². The molecule has 0 saturated carbocycles. The zero-order valence-corrected chi connectivity index (χ0v) is 10.7. The maximum atomic E-state index is 11.2. The molecule has 100 valence electrons. The monoisotopic (exact) mass is 245 g/mol. The molecule has 2 unspecified atom stereocenters. The molecule has 17 heavy (non-hydrogen) atoms. The second kappa shape index (κ2) is 6.93. The van der Waals surface area contributed by atoms with E-state index in [1.807, 2.05) is 0 Å². The molecule has 1 saturated heterocycles. The van der Waals surface area contributed by atoms with E-state index < -0.39 is 11.5 Å². The first-order valence-electron chi connectivity index (χ1n) is 6.17. The number of methoxy groups -OCH3 is 1. The molecule has 5 nitrogen and oxygen atoms in total. The van der Waals surface area contributed by atoms with Crippen molar-refractivity contribution in [3.05, 3.63) is 0 Å². The van der Waals surface area contributed by atoms with Crippen LogP contribution >= 0.6 is 0 Å². The molecule has 0 amide bonds. The zero-order valence-electron chi connectivity index (χ0n) is 10.7. The van der Waals surface area contributed by atoms with Gasteiger partial charge in [0.2, 0.25) is 0 Å². The van der Waals surface area contributed by atoms with Gasteiger partial charge >= 0.3 is 5.97 Å². The maximum Gasteiger partial charge on any atom is 0.323 e. The van der Waals surface area contributed by atoms with E-state index in [1.165, 1.54) is 0 Å². The van der Waals surface area contributed by atoms with Crippen molar-refractivity contribution in [2.24, 2.45) is 0 Å². The highest BCUT2D eigenvalue weighted by molar-refractivity contribution is 5.78. The Bertz CT molecular complexity index is 241. The summed E-state index contributed by atoms with van der Waals surface area (Å²) < 4.78 is 10.5. The van der Waals surface area contributed by atoms with Gasteiger partial charge in [0.25, 0.3) is 0 Å². The van der Waals surface area contributed by atoms with Crippen LogP contribution in [0.15, 0.2) is 0 Å². The third-order valence-corrected chi connectivity index (χ3v) is 3.27. The Morgan fingerprint density at radius 3 is 2.88 bits per heavy atom. The first-order valence-corrected chi connectivity index (χ1v) is 6.17. The average Bonchev–Trinajstić information content (AvgIpc) is 2.35. The van der Waals surface area contributed by atoms with Gasteiger partial charge in [0.1, 0.15) is 5.54 Å². The van der Waals surface area contributed by atoms with E-state index in [0.29, 0.717) is 19.6 Å². The van der Waals surface area contributed by atoms with E-state index in [-0.39, 0.29) is 6.10 Å².